The van der Waals surface area contributed by atoms with E-state index in [4.69, 9.17) is 11.5 Å². The largest absolute Gasteiger partial charge is 0.368 e. The summed E-state index contributed by atoms with van der Waals surface area (Å²) in [5.74, 6) is -0.417. The van der Waals surface area contributed by atoms with Gasteiger partial charge in [-0.25, -0.2) is 4.98 Å². The minimum atomic E-state index is -0.841. The molecule has 1 fully saturated rings. The molecule has 1 aliphatic carbocycles. The van der Waals surface area contributed by atoms with E-state index in [-0.39, 0.29) is 5.92 Å². The Balaban J connectivity index is 2.19. The Bertz CT molecular complexity index is 307. The Kier molecular flexibility index (Phi) is 1.26. The molecule has 1 amide bonds. The first-order valence-corrected chi connectivity index (χ1v) is 3.71. The molecule has 0 saturated heterocycles. The van der Waals surface area contributed by atoms with E-state index in [0.717, 1.165) is 5.69 Å². The molecule has 1 saturated carbocycles. The predicted molar refractivity (Wildman–Crippen MR) is 42.1 cm³/mol. The van der Waals surface area contributed by atoms with Crippen LogP contribution in [0.1, 0.15) is 18.0 Å². The van der Waals surface area contributed by atoms with Crippen LogP contribution in [0.4, 0.5) is 0 Å². The van der Waals surface area contributed by atoms with Crippen LogP contribution in [0.5, 0.6) is 0 Å². The SMILES string of the molecule is NC(=O)C1(N)C[C@H]1c1cnc[nH]1. The highest BCUT2D eigenvalue weighted by Crippen LogP contribution is 2.48. The molecular weight excluding hydrogens is 156 g/mol. The fourth-order valence-corrected chi connectivity index (χ4v) is 1.40. The van der Waals surface area contributed by atoms with Crippen molar-refractivity contribution in [2.45, 2.75) is 17.9 Å². The van der Waals surface area contributed by atoms with Crippen LogP contribution in [0.25, 0.3) is 0 Å². The summed E-state index contributed by atoms with van der Waals surface area (Å²) in [5.41, 5.74) is 10.9. The van der Waals surface area contributed by atoms with E-state index in [2.05, 4.69) is 9.97 Å². The van der Waals surface area contributed by atoms with Crippen molar-refractivity contribution in [3.05, 3.63) is 18.2 Å². The lowest BCUT2D eigenvalue weighted by molar-refractivity contribution is -0.120. The number of nitrogens with zero attached hydrogens (tertiary/aromatic N) is 1. The van der Waals surface area contributed by atoms with Gasteiger partial charge in [-0.05, 0) is 6.42 Å². The van der Waals surface area contributed by atoms with E-state index >= 15 is 0 Å². The summed E-state index contributed by atoms with van der Waals surface area (Å²) in [6.45, 7) is 0. The molecule has 0 spiro atoms. The zero-order valence-electron chi connectivity index (χ0n) is 6.45. The van der Waals surface area contributed by atoms with E-state index in [0.29, 0.717) is 6.42 Å². The molecule has 0 bridgehead atoms. The van der Waals surface area contributed by atoms with E-state index in [1.807, 2.05) is 0 Å². The van der Waals surface area contributed by atoms with Gasteiger partial charge in [0.2, 0.25) is 5.91 Å². The van der Waals surface area contributed by atoms with Crippen LogP contribution < -0.4 is 11.5 Å². The summed E-state index contributed by atoms with van der Waals surface area (Å²) in [7, 11) is 0. The molecule has 1 aromatic heterocycles. The summed E-state index contributed by atoms with van der Waals surface area (Å²) in [6, 6.07) is 0. The molecule has 2 atom stereocenters. The van der Waals surface area contributed by atoms with Gasteiger partial charge in [-0.3, -0.25) is 4.79 Å². The molecule has 64 valence electrons. The van der Waals surface area contributed by atoms with Gasteiger partial charge in [0.1, 0.15) is 5.54 Å². The lowest BCUT2D eigenvalue weighted by Crippen LogP contribution is -2.40. The first kappa shape index (κ1) is 7.30. The van der Waals surface area contributed by atoms with E-state index in [1.165, 1.54) is 0 Å². The molecule has 5 N–H and O–H groups in total. The molecule has 0 aliphatic heterocycles. The third-order valence-electron chi connectivity index (χ3n) is 2.36. The number of hydrogen-bond donors (Lipinski definition) is 3. The summed E-state index contributed by atoms with van der Waals surface area (Å²) < 4.78 is 0. The zero-order chi connectivity index (χ0) is 8.77. The van der Waals surface area contributed by atoms with Gasteiger partial charge >= 0.3 is 0 Å². The number of primary amides is 1. The van der Waals surface area contributed by atoms with Gasteiger partial charge < -0.3 is 16.5 Å². The minimum absolute atomic E-state index is 0.0255. The average molecular weight is 166 g/mol. The Morgan fingerprint density at radius 3 is 3.00 bits per heavy atom. The maximum Gasteiger partial charge on any atom is 0.238 e. The number of imidazole rings is 1. The van der Waals surface area contributed by atoms with Crippen LogP contribution in [0.15, 0.2) is 12.5 Å². The number of aromatic amines is 1. The number of hydrogen-bond acceptors (Lipinski definition) is 3. The average Bonchev–Trinajstić information content (AvgIpc) is 2.49. The highest BCUT2D eigenvalue weighted by Gasteiger charge is 2.57. The standard InChI is InChI=1S/C7H10N4O/c8-6(12)7(9)1-4(7)5-2-10-3-11-5/h2-4H,1,9H2,(H2,8,12)(H,10,11)/t4-,7?/m0/s1. The van der Waals surface area contributed by atoms with Crippen LogP contribution in [0, 0.1) is 0 Å². The highest BCUT2D eigenvalue weighted by atomic mass is 16.1. The molecule has 5 heteroatoms. The van der Waals surface area contributed by atoms with Crippen LogP contribution >= 0.6 is 0 Å². The second-order valence-corrected chi connectivity index (χ2v) is 3.17. The predicted octanol–water partition coefficient (Wildman–Crippen LogP) is -0.920. The van der Waals surface area contributed by atoms with Crippen molar-refractivity contribution in [1.29, 1.82) is 0 Å². The van der Waals surface area contributed by atoms with Crippen molar-refractivity contribution in [1.82, 2.24) is 9.97 Å². The normalized spacial score (nSPS) is 33.2. The summed E-state index contributed by atoms with van der Waals surface area (Å²) in [6.07, 6.45) is 3.85. The van der Waals surface area contributed by atoms with Gasteiger partial charge in [0.25, 0.3) is 0 Å². The smallest absolute Gasteiger partial charge is 0.238 e. The molecule has 1 aromatic rings. The molecule has 2 rings (SSSR count). The highest BCUT2D eigenvalue weighted by molar-refractivity contribution is 5.89. The van der Waals surface area contributed by atoms with Crippen molar-refractivity contribution in [2.75, 3.05) is 0 Å². The topological polar surface area (TPSA) is 97.8 Å². The summed E-state index contributed by atoms with van der Waals surface area (Å²) in [5, 5.41) is 0. The monoisotopic (exact) mass is 166 g/mol. The number of nitrogens with one attached hydrogen (secondary N) is 1. The molecule has 1 unspecified atom stereocenters. The Labute approximate surface area is 69.2 Å². The summed E-state index contributed by atoms with van der Waals surface area (Å²) >= 11 is 0. The van der Waals surface area contributed by atoms with Crippen molar-refractivity contribution in [3.8, 4) is 0 Å². The van der Waals surface area contributed by atoms with Gasteiger partial charge in [0.15, 0.2) is 0 Å². The van der Waals surface area contributed by atoms with Crippen molar-refractivity contribution in [2.24, 2.45) is 11.5 Å². The zero-order valence-corrected chi connectivity index (χ0v) is 6.45. The number of rotatable bonds is 2. The van der Waals surface area contributed by atoms with Crippen LogP contribution in [-0.4, -0.2) is 21.4 Å². The molecule has 1 heterocycles. The van der Waals surface area contributed by atoms with Gasteiger partial charge in [0, 0.05) is 17.8 Å². The first-order chi connectivity index (χ1) is 5.64. The van der Waals surface area contributed by atoms with Crippen LogP contribution in [-0.2, 0) is 4.79 Å². The van der Waals surface area contributed by atoms with Crippen molar-refractivity contribution in [3.63, 3.8) is 0 Å². The first-order valence-electron chi connectivity index (χ1n) is 3.71. The maximum absolute atomic E-state index is 10.9. The quantitative estimate of drug-likeness (QED) is 0.530. The summed E-state index contributed by atoms with van der Waals surface area (Å²) in [4.78, 5) is 17.6. The number of amides is 1. The third kappa shape index (κ3) is 0.831. The molecule has 0 aromatic carbocycles. The third-order valence-corrected chi connectivity index (χ3v) is 2.36. The van der Waals surface area contributed by atoms with E-state index in [9.17, 15) is 4.79 Å². The second-order valence-electron chi connectivity index (χ2n) is 3.17. The maximum atomic E-state index is 10.9. The molecule has 12 heavy (non-hydrogen) atoms. The molecule has 1 aliphatic rings. The number of carbonyl (C=O) groups excluding carboxylic acids is 1. The second kappa shape index (κ2) is 2.07. The molecule has 5 nitrogen and oxygen atoms in total. The van der Waals surface area contributed by atoms with Crippen molar-refractivity contribution < 1.29 is 4.79 Å². The molecular formula is C7H10N4O. The number of aromatic nitrogens is 2. The lowest BCUT2D eigenvalue weighted by Gasteiger charge is -2.03. The van der Waals surface area contributed by atoms with Crippen molar-refractivity contribution >= 4 is 5.91 Å². The molecule has 0 radical (unpaired) electrons. The minimum Gasteiger partial charge on any atom is -0.368 e. The van der Waals surface area contributed by atoms with Gasteiger partial charge in [-0.2, -0.15) is 0 Å². The Morgan fingerprint density at radius 2 is 2.58 bits per heavy atom. The number of carbonyl (C=O) groups is 1. The van der Waals surface area contributed by atoms with Gasteiger partial charge in [-0.15, -0.1) is 0 Å². The number of H-pyrrole nitrogens is 1. The van der Waals surface area contributed by atoms with Gasteiger partial charge in [0.05, 0.1) is 6.33 Å². The Hall–Kier alpha value is -1.36. The van der Waals surface area contributed by atoms with Crippen LogP contribution in [0.2, 0.25) is 0 Å². The Morgan fingerprint density at radius 1 is 1.83 bits per heavy atom. The van der Waals surface area contributed by atoms with E-state index in [1.54, 1.807) is 12.5 Å². The number of nitrogens with two attached hydrogens (primary N) is 2. The fourth-order valence-electron chi connectivity index (χ4n) is 1.40. The van der Waals surface area contributed by atoms with Gasteiger partial charge in [-0.1, -0.05) is 0 Å². The lowest BCUT2D eigenvalue weighted by atomic mass is 10.2. The van der Waals surface area contributed by atoms with E-state index < -0.39 is 11.4 Å². The fraction of sp³-hybridized carbons (Fsp3) is 0.429. The van der Waals surface area contributed by atoms with Crippen LogP contribution in [0.3, 0.4) is 0 Å².